The fourth-order valence-corrected chi connectivity index (χ4v) is 3.56. The van der Waals surface area contributed by atoms with Gasteiger partial charge in [0.1, 0.15) is 5.82 Å². The third-order valence-corrected chi connectivity index (χ3v) is 5.44. The molecule has 0 aliphatic rings. The zero-order valence-corrected chi connectivity index (χ0v) is 18.8. The predicted molar refractivity (Wildman–Crippen MR) is 118 cm³/mol. The minimum absolute atomic E-state index is 0.0311. The second-order valence-corrected chi connectivity index (χ2v) is 8.18. The van der Waals surface area contributed by atoms with E-state index in [0.717, 1.165) is 15.4 Å². The standard InChI is InChI=1S/C20H19Br2N3O3/c1-4-11(2)19-24-16-6-5-13(21)8-15(16)20(27)25(19)23-10-12-7-14(22)9-17(28-3)18(12)26/h5-11,26H,4H2,1-3H3/t11-/m1/s1. The molecule has 0 aliphatic carbocycles. The van der Waals surface area contributed by atoms with Crippen molar-refractivity contribution in [3.63, 3.8) is 0 Å². The van der Waals surface area contributed by atoms with Crippen LogP contribution in [0.4, 0.5) is 0 Å². The molecule has 0 saturated carbocycles. The molecule has 2 aromatic carbocycles. The Bertz CT molecular complexity index is 1130. The van der Waals surface area contributed by atoms with Crippen LogP contribution in [0.5, 0.6) is 11.5 Å². The van der Waals surface area contributed by atoms with Crippen LogP contribution in [-0.2, 0) is 0 Å². The lowest BCUT2D eigenvalue weighted by atomic mass is 10.1. The Balaban J connectivity index is 2.22. The molecule has 0 radical (unpaired) electrons. The van der Waals surface area contributed by atoms with Gasteiger partial charge in [0.05, 0.1) is 24.2 Å². The zero-order chi connectivity index (χ0) is 20.4. The van der Waals surface area contributed by atoms with Crippen LogP contribution < -0.4 is 10.3 Å². The molecule has 0 saturated heterocycles. The second kappa shape index (κ2) is 8.45. The summed E-state index contributed by atoms with van der Waals surface area (Å²) in [5.74, 6) is 0.860. The van der Waals surface area contributed by atoms with Gasteiger partial charge in [-0.25, -0.2) is 4.98 Å². The maximum absolute atomic E-state index is 13.1. The lowest BCUT2D eigenvalue weighted by molar-refractivity contribution is 0.373. The highest BCUT2D eigenvalue weighted by Crippen LogP contribution is 2.32. The number of aromatic hydroxyl groups is 1. The molecule has 1 aromatic heterocycles. The molecule has 3 aromatic rings. The number of phenolic OH excluding ortho intramolecular Hbond substituents is 1. The van der Waals surface area contributed by atoms with E-state index in [-0.39, 0.29) is 17.2 Å². The third-order valence-electron chi connectivity index (χ3n) is 4.49. The number of hydrogen-bond donors (Lipinski definition) is 1. The van der Waals surface area contributed by atoms with Crippen molar-refractivity contribution in [3.05, 3.63) is 61.0 Å². The molecule has 0 fully saturated rings. The Morgan fingerprint density at radius 3 is 2.71 bits per heavy atom. The fourth-order valence-electron chi connectivity index (χ4n) is 2.75. The van der Waals surface area contributed by atoms with E-state index in [1.165, 1.54) is 18.0 Å². The number of benzene rings is 2. The summed E-state index contributed by atoms with van der Waals surface area (Å²) in [4.78, 5) is 17.8. The van der Waals surface area contributed by atoms with Gasteiger partial charge in [0.2, 0.25) is 0 Å². The highest BCUT2D eigenvalue weighted by Gasteiger charge is 2.16. The molecule has 1 N–H and O–H groups in total. The largest absolute Gasteiger partial charge is 0.504 e. The Kier molecular flexibility index (Phi) is 6.20. The molecule has 0 unspecified atom stereocenters. The maximum Gasteiger partial charge on any atom is 0.282 e. The highest BCUT2D eigenvalue weighted by molar-refractivity contribution is 9.10. The van der Waals surface area contributed by atoms with Crippen molar-refractivity contribution in [3.8, 4) is 11.5 Å². The molecule has 28 heavy (non-hydrogen) atoms. The van der Waals surface area contributed by atoms with Gasteiger partial charge in [-0.2, -0.15) is 9.78 Å². The lowest BCUT2D eigenvalue weighted by Crippen LogP contribution is -2.23. The van der Waals surface area contributed by atoms with E-state index in [9.17, 15) is 9.90 Å². The SMILES string of the molecule is CC[C@@H](C)c1nc2ccc(Br)cc2c(=O)n1N=Cc1cc(Br)cc(OC)c1O. The van der Waals surface area contributed by atoms with Crippen LogP contribution in [0.3, 0.4) is 0 Å². The van der Waals surface area contributed by atoms with Crippen LogP contribution in [0, 0.1) is 0 Å². The molecule has 0 bridgehead atoms. The number of aromatic nitrogens is 2. The molecule has 6 nitrogen and oxygen atoms in total. The zero-order valence-electron chi connectivity index (χ0n) is 15.6. The summed E-state index contributed by atoms with van der Waals surface area (Å²) in [6.45, 7) is 4.03. The number of ether oxygens (including phenoxy) is 1. The fraction of sp³-hybridized carbons (Fsp3) is 0.250. The maximum atomic E-state index is 13.1. The van der Waals surface area contributed by atoms with Gasteiger partial charge < -0.3 is 9.84 Å². The summed E-state index contributed by atoms with van der Waals surface area (Å²) >= 11 is 6.77. The molecular weight excluding hydrogens is 490 g/mol. The third kappa shape index (κ3) is 3.98. The number of methoxy groups -OCH3 is 1. The van der Waals surface area contributed by atoms with E-state index in [0.29, 0.717) is 28.0 Å². The van der Waals surface area contributed by atoms with Gasteiger partial charge in [0.15, 0.2) is 11.5 Å². The minimum Gasteiger partial charge on any atom is -0.504 e. The Labute approximate surface area is 179 Å². The van der Waals surface area contributed by atoms with E-state index >= 15 is 0 Å². The summed E-state index contributed by atoms with van der Waals surface area (Å²) < 4.78 is 7.98. The minimum atomic E-state index is -0.265. The first-order valence-corrected chi connectivity index (χ1v) is 10.3. The van der Waals surface area contributed by atoms with Crippen LogP contribution in [0.1, 0.15) is 37.6 Å². The van der Waals surface area contributed by atoms with Crippen LogP contribution in [0.15, 0.2) is 49.2 Å². The van der Waals surface area contributed by atoms with Crippen molar-refractivity contribution in [1.29, 1.82) is 0 Å². The van der Waals surface area contributed by atoms with Gasteiger partial charge in [-0.3, -0.25) is 4.79 Å². The Morgan fingerprint density at radius 2 is 2.04 bits per heavy atom. The van der Waals surface area contributed by atoms with Gasteiger partial charge in [-0.1, -0.05) is 45.7 Å². The van der Waals surface area contributed by atoms with Crippen LogP contribution >= 0.6 is 31.9 Å². The first-order valence-electron chi connectivity index (χ1n) is 8.68. The van der Waals surface area contributed by atoms with E-state index in [4.69, 9.17) is 4.74 Å². The van der Waals surface area contributed by atoms with E-state index in [1.807, 2.05) is 26.0 Å². The average molecular weight is 509 g/mol. The summed E-state index contributed by atoms with van der Waals surface area (Å²) in [7, 11) is 1.47. The first-order chi connectivity index (χ1) is 13.3. The van der Waals surface area contributed by atoms with Crippen molar-refractivity contribution in [2.24, 2.45) is 5.10 Å². The lowest BCUT2D eigenvalue weighted by Gasteiger charge is -2.14. The van der Waals surface area contributed by atoms with Crippen molar-refractivity contribution < 1.29 is 9.84 Å². The molecule has 3 rings (SSSR count). The quantitative estimate of drug-likeness (QED) is 0.490. The van der Waals surface area contributed by atoms with Gasteiger partial charge in [0.25, 0.3) is 5.56 Å². The number of nitrogens with zero attached hydrogens (tertiary/aromatic N) is 3. The van der Waals surface area contributed by atoms with Crippen molar-refractivity contribution >= 4 is 49.0 Å². The van der Waals surface area contributed by atoms with E-state index < -0.39 is 0 Å². The van der Waals surface area contributed by atoms with E-state index in [2.05, 4.69) is 41.9 Å². The van der Waals surface area contributed by atoms with Gasteiger partial charge >= 0.3 is 0 Å². The van der Waals surface area contributed by atoms with Crippen molar-refractivity contribution in [2.45, 2.75) is 26.2 Å². The number of hydrogen-bond acceptors (Lipinski definition) is 5. The van der Waals surface area contributed by atoms with Gasteiger partial charge in [-0.15, -0.1) is 0 Å². The molecule has 1 heterocycles. The number of rotatable bonds is 5. The monoisotopic (exact) mass is 507 g/mol. The molecule has 0 amide bonds. The van der Waals surface area contributed by atoms with Crippen LogP contribution in [0.25, 0.3) is 10.9 Å². The summed E-state index contributed by atoms with van der Waals surface area (Å²) in [5, 5.41) is 15.2. The van der Waals surface area contributed by atoms with Crippen LogP contribution in [0.2, 0.25) is 0 Å². The first kappa shape index (κ1) is 20.5. The second-order valence-electron chi connectivity index (χ2n) is 6.35. The predicted octanol–water partition coefficient (Wildman–Crippen LogP) is 5.03. The summed E-state index contributed by atoms with van der Waals surface area (Å²) in [5.41, 5.74) is 0.781. The normalized spacial score (nSPS) is 12.6. The molecule has 1 atom stereocenters. The van der Waals surface area contributed by atoms with Gasteiger partial charge in [-0.05, 0) is 36.8 Å². The molecule has 8 heteroatoms. The smallest absolute Gasteiger partial charge is 0.282 e. The average Bonchev–Trinajstić information content (AvgIpc) is 2.68. The Morgan fingerprint density at radius 1 is 1.29 bits per heavy atom. The highest BCUT2D eigenvalue weighted by atomic mass is 79.9. The summed E-state index contributed by atoms with van der Waals surface area (Å²) in [6.07, 6.45) is 2.24. The van der Waals surface area contributed by atoms with E-state index in [1.54, 1.807) is 18.2 Å². The molecular formula is C20H19Br2N3O3. The number of phenols is 1. The summed E-state index contributed by atoms with van der Waals surface area (Å²) in [6, 6.07) is 8.75. The number of fused-ring (bicyclic) bond motifs is 1. The number of halogens is 2. The van der Waals surface area contributed by atoms with Crippen LogP contribution in [-0.4, -0.2) is 28.1 Å². The van der Waals surface area contributed by atoms with Gasteiger partial charge in [0, 0.05) is 20.4 Å². The Hall–Kier alpha value is -2.19. The molecule has 0 aliphatic heterocycles. The molecule has 146 valence electrons. The van der Waals surface area contributed by atoms with Crippen molar-refractivity contribution in [1.82, 2.24) is 9.66 Å². The molecule has 0 spiro atoms. The van der Waals surface area contributed by atoms with Crippen molar-refractivity contribution in [2.75, 3.05) is 7.11 Å². The topological polar surface area (TPSA) is 76.7 Å².